The first-order chi connectivity index (χ1) is 6.16. The fraction of sp³-hybridized carbons (Fsp3) is 0.300. The molecule has 1 aromatic carbocycles. The molecule has 0 amide bonds. The number of ether oxygens (including phenoxy) is 1. The topological polar surface area (TPSA) is 26.3 Å². The van der Waals surface area contributed by atoms with Gasteiger partial charge in [0.25, 0.3) is 0 Å². The van der Waals surface area contributed by atoms with Crippen molar-refractivity contribution in [2.75, 3.05) is 6.61 Å². The summed E-state index contributed by atoms with van der Waals surface area (Å²) in [5, 5.41) is 0. The van der Waals surface area contributed by atoms with Gasteiger partial charge in [-0.25, -0.2) is 9.18 Å². The van der Waals surface area contributed by atoms with E-state index >= 15 is 0 Å². The summed E-state index contributed by atoms with van der Waals surface area (Å²) >= 11 is 0. The van der Waals surface area contributed by atoms with Crippen molar-refractivity contribution in [2.24, 2.45) is 0 Å². The quantitative estimate of drug-likeness (QED) is 0.656. The van der Waals surface area contributed by atoms with E-state index in [0.29, 0.717) is 5.56 Å². The molecule has 0 unspecified atom stereocenters. The summed E-state index contributed by atoms with van der Waals surface area (Å²) in [7, 11) is 0. The summed E-state index contributed by atoms with van der Waals surface area (Å²) in [6, 6.07) is 4.66. The zero-order valence-electron chi connectivity index (χ0n) is 7.63. The Hall–Kier alpha value is -1.38. The molecule has 0 N–H and O–H groups in total. The molecule has 0 radical (unpaired) electrons. The zero-order chi connectivity index (χ0) is 9.84. The normalized spacial score (nSPS) is 9.77. The number of carbonyl (C=O) groups excluding carboxylic acids is 1. The van der Waals surface area contributed by atoms with Crippen LogP contribution in [0.1, 0.15) is 22.8 Å². The lowest BCUT2D eigenvalue weighted by atomic mass is 10.1. The third-order valence-corrected chi connectivity index (χ3v) is 1.69. The van der Waals surface area contributed by atoms with Gasteiger partial charge in [-0.2, -0.15) is 0 Å². The maximum Gasteiger partial charge on any atom is 0.341 e. The van der Waals surface area contributed by atoms with Gasteiger partial charge in [0.2, 0.25) is 0 Å². The summed E-state index contributed by atoms with van der Waals surface area (Å²) in [6.07, 6.45) is 0. The van der Waals surface area contributed by atoms with E-state index in [2.05, 4.69) is 4.74 Å². The summed E-state index contributed by atoms with van der Waals surface area (Å²) < 4.78 is 18.0. The summed E-state index contributed by atoms with van der Waals surface area (Å²) in [6.45, 7) is 3.55. The van der Waals surface area contributed by atoms with Crippen LogP contribution in [0.25, 0.3) is 0 Å². The van der Waals surface area contributed by atoms with E-state index in [1.54, 1.807) is 26.0 Å². The molecule has 13 heavy (non-hydrogen) atoms. The molecule has 0 aliphatic carbocycles. The molecule has 3 heteroatoms. The minimum Gasteiger partial charge on any atom is -0.462 e. The second-order valence-corrected chi connectivity index (χ2v) is 2.66. The molecule has 0 fully saturated rings. The van der Waals surface area contributed by atoms with Crippen LogP contribution in [0.4, 0.5) is 4.39 Å². The lowest BCUT2D eigenvalue weighted by molar-refractivity contribution is 0.0521. The van der Waals surface area contributed by atoms with Crippen molar-refractivity contribution >= 4 is 5.97 Å². The summed E-state index contributed by atoms with van der Waals surface area (Å²) in [5.41, 5.74) is 0.451. The van der Waals surface area contributed by atoms with Gasteiger partial charge in [0.05, 0.1) is 12.2 Å². The van der Waals surface area contributed by atoms with Crippen LogP contribution < -0.4 is 0 Å². The van der Waals surface area contributed by atoms with E-state index in [9.17, 15) is 9.18 Å². The van der Waals surface area contributed by atoms with Crippen molar-refractivity contribution in [1.82, 2.24) is 0 Å². The van der Waals surface area contributed by atoms with Gasteiger partial charge in [-0.05, 0) is 25.5 Å². The van der Waals surface area contributed by atoms with Gasteiger partial charge in [-0.1, -0.05) is 12.1 Å². The molecule has 0 spiro atoms. The Kier molecular flexibility index (Phi) is 3.01. The highest BCUT2D eigenvalue weighted by molar-refractivity contribution is 5.89. The molecule has 2 nitrogen and oxygen atoms in total. The van der Waals surface area contributed by atoms with Crippen molar-refractivity contribution in [2.45, 2.75) is 13.8 Å². The highest BCUT2D eigenvalue weighted by Crippen LogP contribution is 2.12. The SMILES string of the molecule is CCOC(=O)c1cccc(C)c1F. The minimum atomic E-state index is -0.608. The van der Waals surface area contributed by atoms with Gasteiger partial charge in [0, 0.05) is 0 Å². The number of esters is 1. The van der Waals surface area contributed by atoms with E-state index in [-0.39, 0.29) is 12.2 Å². The molecule has 0 heterocycles. The highest BCUT2D eigenvalue weighted by atomic mass is 19.1. The van der Waals surface area contributed by atoms with Crippen molar-refractivity contribution in [1.29, 1.82) is 0 Å². The van der Waals surface area contributed by atoms with Gasteiger partial charge in [-0.15, -0.1) is 0 Å². The lowest BCUT2D eigenvalue weighted by Crippen LogP contribution is -2.07. The van der Waals surface area contributed by atoms with Gasteiger partial charge in [-0.3, -0.25) is 0 Å². The molecule has 1 aromatic rings. The minimum absolute atomic E-state index is 0.00171. The smallest absolute Gasteiger partial charge is 0.341 e. The summed E-state index contributed by atoms with van der Waals surface area (Å²) in [4.78, 5) is 11.2. The summed E-state index contributed by atoms with van der Waals surface area (Å²) in [5.74, 6) is -1.11. The lowest BCUT2D eigenvalue weighted by Gasteiger charge is -2.04. The van der Waals surface area contributed by atoms with Crippen LogP contribution in [0, 0.1) is 12.7 Å². The van der Waals surface area contributed by atoms with E-state index < -0.39 is 11.8 Å². The molecule has 0 bridgehead atoms. The zero-order valence-corrected chi connectivity index (χ0v) is 7.63. The molecule has 0 aliphatic heterocycles. The first-order valence-corrected chi connectivity index (χ1v) is 4.09. The Bertz CT molecular complexity index is 321. The van der Waals surface area contributed by atoms with Crippen LogP contribution in [0.15, 0.2) is 18.2 Å². The van der Waals surface area contributed by atoms with Gasteiger partial charge in [0.1, 0.15) is 5.82 Å². The molecule has 0 aromatic heterocycles. The van der Waals surface area contributed by atoms with Crippen molar-refractivity contribution < 1.29 is 13.9 Å². The first kappa shape index (κ1) is 9.71. The Balaban J connectivity index is 3.01. The fourth-order valence-corrected chi connectivity index (χ4v) is 1.01. The number of halogens is 1. The number of carbonyl (C=O) groups is 1. The molecular formula is C10H11FO2. The Morgan fingerprint density at radius 2 is 2.23 bits per heavy atom. The molecule has 0 saturated carbocycles. The number of rotatable bonds is 2. The second kappa shape index (κ2) is 4.03. The average molecular weight is 182 g/mol. The van der Waals surface area contributed by atoms with E-state index in [1.165, 1.54) is 6.07 Å². The average Bonchev–Trinajstić information content (AvgIpc) is 2.10. The van der Waals surface area contributed by atoms with E-state index in [0.717, 1.165) is 0 Å². The molecule has 0 atom stereocenters. The number of benzene rings is 1. The molecule has 70 valence electrons. The fourth-order valence-electron chi connectivity index (χ4n) is 1.01. The van der Waals surface area contributed by atoms with E-state index in [4.69, 9.17) is 0 Å². The number of hydrogen-bond donors (Lipinski definition) is 0. The number of aryl methyl sites for hydroxylation is 1. The van der Waals surface area contributed by atoms with Crippen LogP contribution >= 0.6 is 0 Å². The van der Waals surface area contributed by atoms with Crippen LogP contribution in [-0.4, -0.2) is 12.6 Å². The predicted octanol–water partition coefficient (Wildman–Crippen LogP) is 2.31. The molecule has 0 aliphatic rings. The third kappa shape index (κ3) is 2.05. The first-order valence-electron chi connectivity index (χ1n) is 4.09. The second-order valence-electron chi connectivity index (χ2n) is 2.66. The van der Waals surface area contributed by atoms with E-state index in [1.807, 2.05) is 0 Å². The maximum atomic E-state index is 13.3. The predicted molar refractivity (Wildman–Crippen MR) is 47.1 cm³/mol. The van der Waals surface area contributed by atoms with Crippen LogP contribution in [0.2, 0.25) is 0 Å². The molecule has 0 saturated heterocycles. The Morgan fingerprint density at radius 3 is 2.85 bits per heavy atom. The largest absolute Gasteiger partial charge is 0.462 e. The van der Waals surface area contributed by atoms with Gasteiger partial charge in [0.15, 0.2) is 0 Å². The highest BCUT2D eigenvalue weighted by Gasteiger charge is 2.13. The Labute approximate surface area is 76.3 Å². The third-order valence-electron chi connectivity index (χ3n) is 1.69. The molecular weight excluding hydrogens is 171 g/mol. The van der Waals surface area contributed by atoms with Crippen LogP contribution in [-0.2, 0) is 4.74 Å². The van der Waals surface area contributed by atoms with Crippen LogP contribution in [0.5, 0.6) is 0 Å². The molecule has 1 rings (SSSR count). The monoisotopic (exact) mass is 182 g/mol. The standard InChI is InChI=1S/C10H11FO2/c1-3-13-10(12)8-6-4-5-7(2)9(8)11/h4-6H,3H2,1-2H3. The Morgan fingerprint density at radius 1 is 1.54 bits per heavy atom. The van der Waals surface area contributed by atoms with Crippen molar-refractivity contribution in [3.05, 3.63) is 35.1 Å². The van der Waals surface area contributed by atoms with Crippen LogP contribution in [0.3, 0.4) is 0 Å². The van der Waals surface area contributed by atoms with Gasteiger partial charge < -0.3 is 4.74 Å². The number of hydrogen-bond acceptors (Lipinski definition) is 2. The van der Waals surface area contributed by atoms with Gasteiger partial charge >= 0.3 is 5.97 Å². The van der Waals surface area contributed by atoms with Crippen molar-refractivity contribution in [3.8, 4) is 0 Å². The maximum absolute atomic E-state index is 13.3. The van der Waals surface area contributed by atoms with Crippen molar-refractivity contribution in [3.63, 3.8) is 0 Å².